The minimum atomic E-state index is 0.313. The van der Waals surface area contributed by atoms with Crippen LogP contribution in [0.3, 0.4) is 0 Å². The predicted octanol–water partition coefficient (Wildman–Crippen LogP) is 3.18. The molecule has 0 aliphatic rings. The van der Waals surface area contributed by atoms with E-state index < -0.39 is 0 Å². The lowest BCUT2D eigenvalue weighted by Crippen LogP contribution is -2.42. The molecule has 0 saturated carbocycles. The van der Waals surface area contributed by atoms with Crippen molar-refractivity contribution in [3.8, 4) is 0 Å². The van der Waals surface area contributed by atoms with Crippen molar-refractivity contribution in [2.24, 2.45) is 10.9 Å². The summed E-state index contributed by atoms with van der Waals surface area (Å²) in [6, 6.07) is 0.465. The molecule has 0 spiro atoms. The maximum Gasteiger partial charge on any atom is 0.191 e. The quantitative estimate of drug-likeness (QED) is 0.368. The first-order chi connectivity index (χ1) is 9.45. The molecule has 120 valence electrons. The summed E-state index contributed by atoms with van der Waals surface area (Å²) < 4.78 is 5.51. The molecule has 0 radical (unpaired) electrons. The van der Waals surface area contributed by atoms with Gasteiger partial charge in [0.2, 0.25) is 0 Å². The summed E-state index contributed by atoms with van der Waals surface area (Å²) in [7, 11) is 1.82. The normalized spacial score (nSPS) is 13.9. The van der Waals surface area contributed by atoms with Crippen LogP contribution < -0.4 is 10.6 Å². The minimum absolute atomic E-state index is 0.313. The summed E-state index contributed by atoms with van der Waals surface area (Å²) in [5.41, 5.74) is 0. The number of aliphatic imine (C=N–C) groups is 1. The van der Waals surface area contributed by atoms with E-state index in [0.717, 1.165) is 31.4 Å². The second kappa shape index (κ2) is 12.0. The van der Waals surface area contributed by atoms with Gasteiger partial charge in [0.05, 0.1) is 6.10 Å². The molecular formula is C16H35N3O. The third-order valence-corrected chi connectivity index (χ3v) is 3.09. The Morgan fingerprint density at radius 3 is 2.30 bits per heavy atom. The number of hydrogen-bond acceptors (Lipinski definition) is 2. The van der Waals surface area contributed by atoms with Gasteiger partial charge < -0.3 is 15.4 Å². The molecule has 0 aromatic carbocycles. The van der Waals surface area contributed by atoms with Gasteiger partial charge in [0.1, 0.15) is 0 Å². The Bertz CT molecular complexity index is 252. The summed E-state index contributed by atoms with van der Waals surface area (Å²) in [5.74, 6) is 1.69. The molecule has 0 amide bonds. The number of ether oxygens (including phenoxy) is 1. The molecule has 20 heavy (non-hydrogen) atoms. The highest BCUT2D eigenvalue weighted by Crippen LogP contribution is 2.08. The van der Waals surface area contributed by atoms with Gasteiger partial charge in [-0.2, -0.15) is 0 Å². The van der Waals surface area contributed by atoms with Gasteiger partial charge in [0.25, 0.3) is 0 Å². The molecule has 1 unspecified atom stereocenters. The van der Waals surface area contributed by atoms with E-state index in [-0.39, 0.29) is 0 Å². The van der Waals surface area contributed by atoms with E-state index in [1.165, 1.54) is 19.3 Å². The fourth-order valence-corrected chi connectivity index (χ4v) is 1.93. The summed E-state index contributed by atoms with van der Waals surface area (Å²) in [5, 5.41) is 6.77. The molecular weight excluding hydrogens is 250 g/mol. The van der Waals surface area contributed by atoms with Gasteiger partial charge in [-0.3, -0.25) is 4.99 Å². The number of nitrogens with one attached hydrogen (secondary N) is 2. The molecule has 0 fully saturated rings. The SMILES string of the molecule is CN=C(NCCCOC(C)C)NC(C)CCCC(C)C. The minimum Gasteiger partial charge on any atom is -0.379 e. The molecule has 0 heterocycles. The first-order valence-electron chi connectivity index (χ1n) is 8.04. The van der Waals surface area contributed by atoms with Gasteiger partial charge >= 0.3 is 0 Å². The maximum atomic E-state index is 5.51. The Hall–Kier alpha value is -0.770. The van der Waals surface area contributed by atoms with E-state index in [1.807, 2.05) is 7.05 Å². The molecule has 0 aromatic heterocycles. The lowest BCUT2D eigenvalue weighted by atomic mass is 10.0. The Morgan fingerprint density at radius 2 is 1.75 bits per heavy atom. The largest absolute Gasteiger partial charge is 0.379 e. The smallest absolute Gasteiger partial charge is 0.191 e. The second-order valence-electron chi connectivity index (χ2n) is 6.14. The number of rotatable bonds is 10. The molecule has 0 bridgehead atoms. The van der Waals surface area contributed by atoms with Crippen LogP contribution in [0.2, 0.25) is 0 Å². The fraction of sp³-hybridized carbons (Fsp3) is 0.938. The molecule has 1 atom stereocenters. The average molecular weight is 285 g/mol. The highest BCUT2D eigenvalue weighted by Gasteiger charge is 2.05. The van der Waals surface area contributed by atoms with Gasteiger partial charge in [0.15, 0.2) is 5.96 Å². The third-order valence-electron chi connectivity index (χ3n) is 3.09. The van der Waals surface area contributed by atoms with Crippen molar-refractivity contribution in [3.05, 3.63) is 0 Å². The van der Waals surface area contributed by atoms with Crippen molar-refractivity contribution >= 4 is 5.96 Å². The first kappa shape index (κ1) is 19.2. The van der Waals surface area contributed by atoms with Crippen LogP contribution in [0.15, 0.2) is 4.99 Å². The highest BCUT2D eigenvalue weighted by molar-refractivity contribution is 5.79. The van der Waals surface area contributed by atoms with E-state index in [1.54, 1.807) is 0 Å². The third kappa shape index (κ3) is 12.3. The fourth-order valence-electron chi connectivity index (χ4n) is 1.93. The average Bonchev–Trinajstić information content (AvgIpc) is 2.36. The molecule has 4 nitrogen and oxygen atoms in total. The molecule has 0 aliphatic heterocycles. The van der Waals surface area contributed by atoms with Crippen LogP contribution in [0, 0.1) is 5.92 Å². The Labute approximate surface area is 125 Å². The summed E-state index contributed by atoms with van der Waals surface area (Å²) >= 11 is 0. The van der Waals surface area contributed by atoms with Crippen LogP contribution in [0.5, 0.6) is 0 Å². The zero-order valence-corrected chi connectivity index (χ0v) is 14.3. The Morgan fingerprint density at radius 1 is 1.05 bits per heavy atom. The summed E-state index contributed by atoms with van der Waals surface area (Å²) in [6.45, 7) is 12.6. The predicted molar refractivity (Wildman–Crippen MR) is 88.4 cm³/mol. The number of nitrogens with zero attached hydrogens (tertiary/aromatic N) is 1. The lowest BCUT2D eigenvalue weighted by molar-refractivity contribution is 0.0776. The van der Waals surface area contributed by atoms with Crippen LogP contribution >= 0.6 is 0 Å². The molecule has 2 N–H and O–H groups in total. The van der Waals surface area contributed by atoms with Gasteiger partial charge in [-0.05, 0) is 39.5 Å². The van der Waals surface area contributed by atoms with E-state index in [2.05, 4.69) is 50.2 Å². The van der Waals surface area contributed by atoms with Crippen molar-refractivity contribution in [2.75, 3.05) is 20.2 Å². The lowest BCUT2D eigenvalue weighted by Gasteiger charge is -2.18. The molecule has 0 aliphatic carbocycles. The van der Waals surface area contributed by atoms with Crippen LogP contribution in [0.25, 0.3) is 0 Å². The molecule has 0 rings (SSSR count). The number of hydrogen-bond donors (Lipinski definition) is 2. The zero-order valence-electron chi connectivity index (χ0n) is 14.3. The summed E-state index contributed by atoms with van der Waals surface area (Å²) in [6.07, 6.45) is 5.07. The topological polar surface area (TPSA) is 45.7 Å². The molecule has 0 aromatic rings. The molecule has 4 heteroatoms. The Balaban J connectivity index is 3.70. The molecule has 0 saturated heterocycles. The van der Waals surface area contributed by atoms with Crippen molar-refractivity contribution < 1.29 is 4.74 Å². The number of guanidine groups is 1. The van der Waals surface area contributed by atoms with E-state index in [9.17, 15) is 0 Å². The van der Waals surface area contributed by atoms with Crippen LogP contribution in [0.1, 0.15) is 60.3 Å². The van der Waals surface area contributed by atoms with Gasteiger partial charge in [0, 0.05) is 26.2 Å². The van der Waals surface area contributed by atoms with Gasteiger partial charge in [-0.15, -0.1) is 0 Å². The van der Waals surface area contributed by atoms with Crippen molar-refractivity contribution in [2.45, 2.75) is 72.4 Å². The van der Waals surface area contributed by atoms with E-state index in [0.29, 0.717) is 12.1 Å². The summed E-state index contributed by atoms with van der Waals surface area (Å²) in [4.78, 5) is 4.26. The standard InChI is InChI=1S/C16H35N3O/c1-13(2)9-7-10-15(5)19-16(17-6)18-11-8-12-20-14(3)4/h13-15H,7-12H2,1-6H3,(H2,17,18,19). The van der Waals surface area contributed by atoms with E-state index in [4.69, 9.17) is 4.74 Å². The Kier molecular flexibility index (Phi) is 11.5. The van der Waals surface area contributed by atoms with Crippen molar-refractivity contribution in [1.29, 1.82) is 0 Å². The zero-order chi connectivity index (χ0) is 15.4. The van der Waals surface area contributed by atoms with Gasteiger partial charge in [-0.25, -0.2) is 0 Å². The van der Waals surface area contributed by atoms with Crippen molar-refractivity contribution in [1.82, 2.24) is 10.6 Å². The second-order valence-corrected chi connectivity index (χ2v) is 6.14. The maximum absolute atomic E-state index is 5.51. The van der Waals surface area contributed by atoms with Crippen molar-refractivity contribution in [3.63, 3.8) is 0 Å². The van der Waals surface area contributed by atoms with Crippen LogP contribution in [0.4, 0.5) is 0 Å². The van der Waals surface area contributed by atoms with Gasteiger partial charge in [-0.1, -0.05) is 26.7 Å². The highest BCUT2D eigenvalue weighted by atomic mass is 16.5. The van der Waals surface area contributed by atoms with E-state index >= 15 is 0 Å². The monoisotopic (exact) mass is 285 g/mol. The first-order valence-corrected chi connectivity index (χ1v) is 8.04. The van der Waals surface area contributed by atoms with Crippen LogP contribution in [-0.2, 0) is 4.74 Å². The van der Waals surface area contributed by atoms with Crippen LogP contribution in [-0.4, -0.2) is 38.3 Å².